The van der Waals surface area contributed by atoms with Gasteiger partial charge in [-0.05, 0) is 18.4 Å². The normalized spacial score (nSPS) is 12.8. The van der Waals surface area contributed by atoms with Gasteiger partial charge in [0, 0.05) is 0 Å². The minimum Gasteiger partial charge on any atom is -0.371 e. The summed E-state index contributed by atoms with van der Waals surface area (Å²) < 4.78 is 5.15. The first-order chi connectivity index (χ1) is 6.36. The molecule has 13 heavy (non-hydrogen) atoms. The van der Waals surface area contributed by atoms with Crippen molar-refractivity contribution in [3.8, 4) is 0 Å². The molecule has 0 bridgehead atoms. The molecular formula is C11H16O2. The molecule has 1 atom stereocenters. The van der Waals surface area contributed by atoms with E-state index in [-0.39, 0.29) is 12.9 Å². The van der Waals surface area contributed by atoms with E-state index in [0.29, 0.717) is 0 Å². The highest BCUT2D eigenvalue weighted by Crippen LogP contribution is 2.08. The predicted octanol–water partition coefficient (Wildman–Crippen LogP) is 1.97. The molecule has 0 aliphatic carbocycles. The molecule has 1 rings (SSSR count). The van der Waals surface area contributed by atoms with Gasteiger partial charge in [-0.1, -0.05) is 37.3 Å². The van der Waals surface area contributed by atoms with Crippen LogP contribution in [0.3, 0.4) is 0 Å². The molecule has 0 aromatic heterocycles. The second-order valence-electron chi connectivity index (χ2n) is 3.02. The molecule has 1 unspecified atom stereocenters. The lowest BCUT2D eigenvalue weighted by molar-refractivity contribution is -0.0505. The van der Waals surface area contributed by atoms with E-state index in [1.165, 1.54) is 5.56 Å². The maximum Gasteiger partial charge on any atom is 0.143 e. The Hall–Kier alpha value is -0.860. The first-order valence-corrected chi connectivity index (χ1v) is 4.63. The summed E-state index contributed by atoms with van der Waals surface area (Å²) in [5.74, 6) is 0. The van der Waals surface area contributed by atoms with Crippen molar-refractivity contribution in [3.63, 3.8) is 0 Å². The van der Waals surface area contributed by atoms with Crippen molar-refractivity contribution >= 4 is 0 Å². The van der Waals surface area contributed by atoms with Crippen LogP contribution in [-0.4, -0.2) is 18.0 Å². The van der Waals surface area contributed by atoms with Crippen molar-refractivity contribution in [3.05, 3.63) is 35.9 Å². The molecular weight excluding hydrogens is 164 g/mol. The zero-order valence-corrected chi connectivity index (χ0v) is 7.94. The van der Waals surface area contributed by atoms with E-state index >= 15 is 0 Å². The van der Waals surface area contributed by atoms with Crippen molar-refractivity contribution in [1.29, 1.82) is 0 Å². The smallest absolute Gasteiger partial charge is 0.143 e. The quantitative estimate of drug-likeness (QED) is 0.702. The lowest BCUT2D eigenvalue weighted by atomic mass is 10.1. The number of ether oxygens (including phenoxy) is 1. The molecule has 0 amide bonds. The summed E-state index contributed by atoms with van der Waals surface area (Å²) in [5, 5.41) is 8.62. The number of benzene rings is 1. The van der Waals surface area contributed by atoms with Gasteiger partial charge in [0.1, 0.15) is 6.79 Å². The van der Waals surface area contributed by atoms with E-state index in [1.54, 1.807) is 0 Å². The zero-order chi connectivity index (χ0) is 9.52. The van der Waals surface area contributed by atoms with Gasteiger partial charge in [0.05, 0.1) is 6.10 Å². The molecule has 0 fully saturated rings. The molecule has 2 heteroatoms. The van der Waals surface area contributed by atoms with Crippen LogP contribution in [0.4, 0.5) is 0 Å². The van der Waals surface area contributed by atoms with Gasteiger partial charge in [-0.2, -0.15) is 0 Å². The minimum absolute atomic E-state index is 0.132. The second kappa shape index (κ2) is 5.73. The third kappa shape index (κ3) is 3.57. The van der Waals surface area contributed by atoms with Crippen LogP contribution in [0.15, 0.2) is 30.3 Å². The highest BCUT2D eigenvalue weighted by molar-refractivity contribution is 5.15. The second-order valence-corrected chi connectivity index (χ2v) is 3.02. The maximum absolute atomic E-state index is 8.62. The van der Waals surface area contributed by atoms with Gasteiger partial charge in [0.2, 0.25) is 0 Å². The summed E-state index contributed by atoms with van der Waals surface area (Å²) in [5.41, 5.74) is 1.25. The molecule has 1 aromatic carbocycles. The van der Waals surface area contributed by atoms with E-state index in [4.69, 9.17) is 9.84 Å². The third-order valence-electron chi connectivity index (χ3n) is 2.07. The van der Waals surface area contributed by atoms with Crippen LogP contribution in [0.1, 0.15) is 18.9 Å². The lowest BCUT2D eigenvalue weighted by Crippen LogP contribution is -2.15. The molecule has 0 spiro atoms. The summed E-state index contributed by atoms with van der Waals surface area (Å²) in [7, 11) is 0. The van der Waals surface area contributed by atoms with Crippen molar-refractivity contribution in [2.45, 2.75) is 25.9 Å². The largest absolute Gasteiger partial charge is 0.371 e. The highest BCUT2D eigenvalue weighted by atomic mass is 16.6. The Morgan fingerprint density at radius 3 is 2.54 bits per heavy atom. The number of aliphatic hydroxyl groups is 1. The molecule has 1 aromatic rings. The van der Waals surface area contributed by atoms with Crippen LogP contribution < -0.4 is 0 Å². The SMILES string of the molecule is CCC(Cc1ccccc1)OCO. The van der Waals surface area contributed by atoms with Gasteiger partial charge < -0.3 is 9.84 Å². The summed E-state index contributed by atoms with van der Waals surface area (Å²) in [6, 6.07) is 10.2. The number of aliphatic hydroxyl groups excluding tert-OH is 1. The van der Waals surface area contributed by atoms with E-state index < -0.39 is 0 Å². The van der Waals surface area contributed by atoms with Crippen molar-refractivity contribution < 1.29 is 9.84 Å². The molecule has 2 nitrogen and oxygen atoms in total. The number of hydrogen-bond acceptors (Lipinski definition) is 2. The average Bonchev–Trinajstić information content (AvgIpc) is 2.19. The van der Waals surface area contributed by atoms with E-state index in [1.807, 2.05) is 18.2 Å². The fraction of sp³-hybridized carbons (Fsp3) is 0.455. The standard InChI is InChI=1S/C11H16O2/c1-2-11(13-9-12)8-10-6-4-3-5-7-10/h3-7,11-12H,2,8-9H2,1H3. The van der Waals surface area contributed by atoms with Gasteiger partial charge in [-0.3, -0.25) is 0 Å². The molecule has 0 heterocycles. The average molecular weight is 180 g/mol. The molecule has 1 N–H and O–H groups in total. The van der Waals surface area contributed by atoms with Crippen molar-refractivity contribution in [1.82, 2.24) is 0 Å². The van der Waals surface area contributed by atoms with Gasteiger partial charge >= 0.3 is 0 Å². The number of hydrogen-bond donors (Lipinski definition) is 1. The fourth-order valence-electron chi connectivity index (χ4n) is 1.30. The molecule has 0 aliphatic rings. The predicted molar refractivity (Wildman–Crippen MR) is 52.4 cm³/mol. The van der Waals surface area contributed by atoms with Crippen molar-refractivity contribution in [2.75, 3.05) is 6.79 Å². The van der Waals surface area contributed by atoms with Crippen LogP contribution in [0.5, 0.6) is 0 Å². The Morgan fingerprint density at radius 2 is 2.00 bits per heavy atom. The summed E-state index contributed by atoms with van der Waals surface area (Å²) in [4.78, 5) is 0. The Kier molecular flexibility index (Phi) is 4.50. The summed E-state index contributed by atoms with van der Waals surface area (Å²) in [6.45, 7) is 1.87. The van der Waals surface area contributed by atoms with E-state index in [2.05, 4.69) is 19.1 Å². The van der Waals surface area contributed by atoms with Crippen LogP contribution >= 0.6 is 0 Å². The zero-order valence-electron chi connectivity index (χ0n) is 7.94. The molecule has 0 saturated heterocycles. The summed E-state index contributed by atoms with van der Waals surface area (Å²) >= 11 is 0. The topological polar surface area (TPSA) is 29.5 Å². The van der Waals surface area contributed by atoms with Gasteiger partial charge in [0.15, 0.2) is 0 Å². The Balaban J connectivity index is 2.46. The van der Waals surface area contributed by atoms with Crippen LogP contribution in [0.2, 0.25) is 0 Å². The number of rotatable bonds is 5. The maximum atomic E-state index is 8.62. The highest BCUT2D eigenvalue weighted by Gasteiger charge is 2.06. The van der Waals surface area contributed by atoms with E-state index in [0.717, 1.165) is 12.8 Å². The monoisotopic (exact) mass is 180 g/mol. The summed E-state index contributed by atoms with van der Waals surface area (Å²) in [6.07, 6.45) is 1.93. The first-order valence-electron chi connectivity index (χ1n) is 4.63. The fourth-order valence-corrected chi connectivity index (χ4v) is 1.30. The van der Waals surface area contributed by atoms with Crippen LogP contribution in [0.25, 0.3) is 0 Å². The third-order valence-corrected chi connectivity index (χ3v) is 2.07. The molecule has 0 saturated carbocycles. The van der Waals surface area contributed by atoms with Gasteiger partial charge in [-0.25, -0.2) is 0 Å². The molecule has 0 radical (unpaired) electrons. The van der Waals surface area contributed by atoms with Gasteiger partial charge in [-0.15, -0.1) is 0 Å². The minimum atomic E-state index is -0.189. The van der Waals surface area contributed by atoms with E-state index in [9.17, 15) is 0 Å². The molecule has 0 aliphatic heterocycles. The lowest BCUT2D eigenvalue weighted by Gasteiger charge is -2.13. The van der Waals surface area contributed by atoms with Gasteiger partial charge in [0.25, 0.3) is 0 Å². The van der Waals surface area contributed by atoms with Crippen LogP contribution in [-0.2, 0) is 11.2 Å². The Bertz CT molecular complexity index is 221. The Morgan fingerprint density at radius 1 is 1.31 bits per heavy atom. The Labute approximate surface area is 79.2 Å². The molecule has 72 valence electrons. The van der Waals surface area contributed by atoms with Crippen molar-refractivity contribution in [2.24, 2.45) is 0 Å². The first kappa shape index (κ1) is 10.2. The van der Waals surface area contributed by atoms with Crippen LogP contribution in [0, 0.1) is 0 Å².